The fraction of sp³-hybridized carbons (Fsp3) is 0.323. The first-order valence-corrected chi connectivity index (χ1v) is 15.7. The average molecular weight is 621 g/mol. The van der Waals surface area contributed by atoms with Crippen LogP contribution in [0.3, 0.4) is 0 Å². The van der Waals surface area contributed by atoms with Crippen molar-refractivity contribution in [2.45, 2.75) is 31.0 Å². The zero-order chi connectivity index (χ0) is 31.6. The molecule has 0 spiro atoms. The summed E-state index contributed by atoms with van der Waals surface area (Å²) in [6.07, 6.45) is 2.21. The van der Waals surface area contributed by atoms with Crippen LogP contribution < -0.4 is 14.8 Å². The molecule has 0 fully saturated rings. The molecule has 12 nitrogen and oxygen atoms in total. The van der Waals surface area contributed by atoms with Crippen molar-refractivity contribution in [3.05, 3.63) is 78.8 Å². The van der Waals surface area contributed by atoms with E-state index in [1.807, 2.05) is 49.4 Å². The van der Waals surface area contributed by atoms with Crippen LogP contribution in [-0.4, -0.2) is 83.7 Å². The predicted molar refractivity (Wildman–Crippen MR) is 167 cm³/mol. The number of hydrogen-bond acceptors (Lipinski definition) is 7. The molecule has 3 amide bonds. The number of aliphatic hydroxyl groups excluding tert-OH is 1. The summed E-state index contributed by atoms with van der Waals surface area (Å²) in [5.74, 6) is -0.394. The number of rotatable bonds is 8. The largest absolute Gasteiger partial charge is 0.487 e. The highest BCUT2D eigenvalue weighted by molar-refractivity contribution is 7.92. The summed E-state index contributed by atoms with van der Waals surface area (Å²) >= 11 is 0. The first kappa shape index (κ1) is 30.8. The topological polar surface area (TPSA) is 146 Å². The van der Waals surface area contributed by atoms with Gasteiger partial charge >= 0.3 is 6.03 Å². The van der Waals surface area contributed by atoms with Gasteiger partial charge in [-0.05, 0) is 36.6 Å². The lowest BCUT2D eigenvalue weighted by molar-refractivity contribution is 0.0371. The van der Waals surface area contributed by atoms with Crippen molar-refractivity contribution in [1.29, 1.82) is 0 Å². The average Bonchev–Trinajstić information content (AvgIpc) is 3.46. The Kier molecular flexibility index (Phi) is 8.79. The maximum absolute atomic E-state index is 13.7. The summed E-state index contributed by atoms with van der Waals surface area (Å²) in [5.41, 5.74) is 0.970. The van der Waals surface area contributed by atoms with Crippen LogP contribution in [0.4, 0.5) is 16.2 Å². The van der Waals surface area contributed by atoms with Crippen molar-refractivity contribution in [1.82, 2.24) is 19.4 Å². The molecule has 0 bridgehead atoms. The Hall–Kier alpha value is -4.62. The first-order valence-electron chi connectivity index (χ1n) is 14.2. The molecule has 3 atom stereocenters. The summed E-state index contributed by atoms with van der Waals surface area (Å²) < 4.78 is 36.2. The van der Waals surface area contributed by atoms with Crippen LogP contribution in [0.5, 0.6) is 5.75 Å². The zero-order valence-corrected chi connectivity index (χ0v) is 25.8. The minimum Gasteiger partial charge on any atom is -0.487 e. The highest BCUT2D eigenvalue weighted by atomic mass is 32.2. The molecule has 3 aromatic carbocycles. The molecule has 4 aromatic rings. The van der Waals surface area contributed by atoms with E-state index in [4.69, 9.17) is 4.74 Å². The van der Waals surface area contributed by atoms with Crippen LogP contribution in [0.25, 0.3) is 10.8 Å². The van der Waals surface area contributed by atoms with Crippen LogP contribution in [0.1, 0.15) is 24.2 Å². The fourth-order valence-electron chi connectivity index (χ4n) is 5.14. The summed E-state index contributed by atoms with van der Waals surface area (Å²) in [6, 6.07) is 17.1. The Morgan fingerprint density at radius 2 is 1.93 bits per heavy atom. The van der Waals surface area contributed by atoms with Crippen molar-refractivity contribution in [2.24, 2.45) is 13.0 Å². The molecule has 1 aliphatic rings. The van der Waals surface area contributed by atoms with E-state index >= 15 is 0 Å². The molecule has 1 aromatic heterocycles. The Morgan fingerprint density at radius 3 is 2.66 bits per heavy atom. The maximum atomic E-state index is 13.7. The number of ether oxygens (including phenoxy) is 1. The number of aromatic nitrogens is 2. The quantitative estimate of drug-likeness (QED) is 0.272. The SMILES string of the molecule is C[C@@H]1CN([C@H](C)CO)C(=O)c2cc(NS(=O)(=O)c3cn(C)cn3)ccc2O[C@@H]1CN(C)C(=O)Nc1cccc2ccccc12. The van der Waals surface area contributed by atoms with Crippen molar-refractivity contribution in [2.75, 3.05) is 36.8 Å². The van der Waals surface area contributed by atoms with E-state index in [0.717, 1.165) is 10.8 Å². The molecule has 44 heavy (non-hydrogen) atoms. The van der Waals surface area contributed by atoms with Gasteiger partial charge in [0.2, 0.25) is 0 Å². The number of hydrogen-bond donors (Lipinski definition) is 3. The number of carbonyl (C=O) groups is 2. The van der Waals surface area contributed by atoms with Gasteiger partial charge in [0, 0.05) is 43.8 Å². The number of likely N-dealkylation sites (N-methyl/N-ethyl adjacent to an activating group) is 1. The van der Waals surface area contributed by atoms with Gasteiger partial charge in [0.05, 0.1) is 36.8 Å². The molecule has 0 saturated heterocycles. The van der Waals surface area contributed by atoms with E-state index in [1.54, 1.807) is 25.9 Å². The van der Waals surface area contributed by atoms with Gasteiger partial charge in [-0.1, -0.05) is 43.3 Å². The number of urea groups is 1. The number of imidazole rings is 1. The number of aliphatic hydroxyl groups is 1. The number of aryl methyl sites for hydroxylation is 1. The molecule has 13 heteroatoms. The van der Waals surface area contributed by atoms with E-state index in [-0.39, 0.29) is 53.7 Å². The predicted octanol–water partition coefficient (Wildman–Crippen LogP) is 3.76. The van der Waals surface area contributed by atoms with Crippen molar-refractivity contribution in [3.8, 4) is 5.75 Å². The van der Waals surface area contributed by atoms with Crippen LogP contribution >= 0.6 is 0 Å². The Morgan fingerprint density at radius 1 is 1.18 bits per heavy atom. The smallest absolute Gasteiger partial charge is 0.321 e. The molecule has 1 aliphatic heterocycles. The second kappa shape index (κ2) is 12.5. The van der Waals surface area contributed by atoms with Gasteiger partial charge in [-0.3, -0.25) is 9.52 Å². The summed E-state index contributed by atoms with van der Waals surface area (Å²) in [5, 5.41) is 14.7. The van der Waals surface area contributed by atoms with Gasteiger partial charge in [0.15, 0.2) is 5.03 Å². The molecular weight excluding hydrogens is 584 g/mol. The standard InChI is InChI=1S/C31H36N6O6S/c1-20-15-37(21(2)18-38)30(39)25-14-23(34-44(41,42)29-17-35(3)19-32-29)12-13-27(25)43-28(20)16-36(4)31(40)33-26-11-7-9-22-8-5-6-10-24(22)26/h5-14,17,19-21,28,34,38H,15-16,18H2,1-4H3,(H,33,40)/t20-,21-,28-/m1/s1. The maximum Gasteiger partial charge on any atom is 0.321 e. The molecule has 2 heterocycles. The minimum atomic E-state index is -4.01. The van der Waals surface area contributed by atoms with E-state index < -0.39 is 28.1 Å². The fourth-order valence-corrected chi connectivity index (χ4v) is 6.17. The number of sulfonamides is 1. The van der Waals surface area contributed by atoms with E-state index in [9.17, 15) is 23.1 Å². The number of anilines is 2. The second-order valence-electron chi connectivity index (χ2n) is 11.2. The number of fused-ring (bicyclic) bond motifs is 2. The van der Waals surface area contributed by atoms with E-state index in [2.05, 4.69) is 15.0 Å². The number of nitrogens with zero attached hydrogens (tertiary/aromatic N) is 4. The number of nitrogens with one attached hydrogen (secondary N) is 2. The number of amides is 3. The lowest BCUT2D eigenvalue weighted by Crippen LogP contribution is -2.50. The minimum absolute atomic E-state index is 0.131. The zero-order valence-electron chi connectivity index (χ0n) is 25.0. The Bertz CT molecular complexity index is 1790. The van der Waals surface area contributed by atoms with Gasteiger partial charge in [0.25, 0.3) is 15.9 Å². The van der Waals surface area contributed by atoms with Gasteiger partial charge in [-0.15, -0.1) is 0 Å². The highest BCUT2D eigenvalue weighted by Crippen LogP contribution is 2.31. The molecule has 0 radical (unpaired) electrons. The van der Waals surface area contributed by atoms with Gasteiger partial charge < -0.3 is 29.5 Å². The van der Waals surface area contributed by atoms with E-state index in [1.165, 1.54) is 40.2 Å². The van der Waals surface area contributed by atoms with Crippen LogP contribution in [0.2, 0.25) is 0 Å². The Labute approximate surface area is 256 Å². The third-order valence-corrected chi connectivity index (χ3v) is 8.97. The monoisotopic (exact) mass is 620 g/mol. The third kappa shape index (κ3) is 6.48. The van der Waals surface area contributed by atoms with Crippen molar-refractivity contribution >= 4 is 44.1 Å². The van der Waals surface area contributed by atoms with Crippen molar-refractivity contribution in [3.63, 3.8) is 0 Å². The summed E-state index contributed by atoms with van der Waals surface area (Å²) in [4.78, 5) is 34.0. The molecule has 232 valence electrons. The number of carbonyl (C=O) groups excluding carboxylic acids is 2. The highest BCUT2D eigenvalue weighted by Gasteiger charge is 2.34. The van der Waals surface area contributed by atoms with Crippen LogP contribution in [0.15, 0.2) is 78.2 Å². The first-order chi connectivity index (χ1) is 21.0. The second-order valence-corrected chi connectivity index (χ2v) is 12.8. The molecule has 0 aliphatic carbocycles. The Balaban J connectivity index is 1.40. The van der Waals surface area contributed by atoms with Crippen LogP contribution in [-0.2, 0) is 17.1 Å². The summed E-state index contributed by atoms with van der Waals surface area (Å²) in [6.45, 7) is 3.83. The lowest BCUT2D eigenvalue weighted by atomic mass is 9.99. The van der Waals surface area contributed by atoms with Gasteiger partial charge in [-0.2, -0.15) is 8.42 Å². The van der Waals surface area contributed by atoms with Gasteiger partial charge in [0.1, 0.15) is 11.9 Å². The molecule has 0 unspecified atom stereocenters. The number of benzene rings is 3. The van der Waals surface area contributed by atoms with Gasteiger partial charge in [-0.25, -0.2) is 9.78 Å². The van der Waals surface area contributed by atoms with Crippen molar-refractivity contribution < 1.29 is 27.9 Å². The van der Waals surface area contributed by atoms with E-state index in [0.29, 0.717) is 5.69 Å². The molecule has 3 N–H and O–H groups in total. The normalized spacial score (nSPS) is 17.7. The molecule has 5 rings (SSSR count). The molecular formula is C31H36N6O6S. The van der Waals surface area contributed by atoms with Crippen LogP contribution in [0, 0.1) is 5.92 Å². The molecule has 0 saturated carbocycles. The summed E-state index contributed by atoms with van der Waals surface area (Å²) in [7, 11) is -0.680. The lowest BCUT2D eigenvalue weighted by Gasteiger charge is -2.38. The third-order valence-electron chi connectivity index (χ3n) is 7.71.